The van der Waals surface area contributed by atoms with Gasteiger partial charge in [-0.3, -0.25) is 0 Å². The van der Waals surface area contributed by atoms with Crippen molar-refractivity contribution in [3.63, 3.8) is 0 Å². The van der Waals surface area contributed by atoms with Crippen LogP contribution in [0.1, 0.15) is 32.4 Å². The van der Waals surface area contributed by atoms with Gasteiger partial charge in [0.2, 0.25) is 0 Å². The predicted octanol–water partition coefficient (Wildman–Crippen LogP) is 6.84. The van der Waals surface area contributed by atoms with E-state index in [1.807, 2.05) is 0 Å². The molecule has 0 heterocycles. The van der Waals surface area contributed by atoms with E-state index in [4.69, 9.17) is 4.43 Å². The van der Waals surface area contributed by atoms with E-state index in [2.05, 4.69) is 98.3 Å². The van der Waals surface area contributed by atoms with Crippen LogP contribution in [0.2, 0.25) is 13.1 Å². The van der Waals surface area contributed by atoms with E-state index in [0.717, 1.165) is 4.47 Å². The normalized spacial score (nSPS) is 13.8. The van der Waals surface area contributed by atoms with Gasteiger partial charge in [0.05, 0.1) is 6.10 Å². The molecule has 0 radical (unpaired) electrons. The van der Waals surface area contributed by atoms with Crippen molar-refractivity contribution in [3.8, 4) is 0 Å². The summed E-state index contributed by atoms with van der Waals surface area (Å²) in [5.74, 6) is 0. The van der Waals surface area contributed by atoms with Crippen molar-refractivity contribution in [2.45, 2.75) is 40.0 Å². The number of hydrogen-bond acceptors (Lipinski definition) is 1. The molecule has 0 aromatic heterocycles. The highest BCUT2D eigenvalue weighted by Gasteiger charge is 2.29. The largest absolute Gasteiger partial charge is 0.413 e. The SMILES string of the molecule is C[SiH](C)OC(c1cc2ccc(Br)cc2c2ccccc12)C(C)(C)C. The van der Waals surface area contributed by atoms with Crippen molar-refractivity contribution in [2.24, 2.45) is 5.41 Å². The van der Waals surface area contributed by atoms with Crippen molar-refractivity contribution >= 4 is 46.5 Å². The molecule has 0 saturated heterocycles. The molecular weight excluding hydrogens is 376 g/mol. The van der Waals surface area contributed by atoms with Crippen LogP contribution in [0.15, 0.2) is 53.0 Å². The fraction of sp³-hybridized carbons (Fsp3) is 0.333. The molecule has 0 fully saturated rings. The van der Waals surface area contributed by atoms with Crippen LogP contribution in [-0.2, 0) is 4.43 Å². The highest BCUT2D eigenvalue weighted by molar-refractivity contribution is 9.10. The molecule has 0 aliphatic rings. The van der Waals surface area contributed by atoms with Gasteiger partial charge in [-0.1, -0.05) is 67.0 Å². The molecule has 0 aliphatic heterocycles. The molecule has 3 rings (SSSR count). The minimum absolute atomic E-state index is 0.0586. The minimum atomic E-state index is -1.16. The van der Waals surface area contributed by atoms with Crippen LogP contribution in [0.3, 0.4) is 0 Å². The van der Waals surface area contributed by atoms with Gasteiger partial charge >= 0.3 is 0 Å². The van der Waals surface area contributed by atoms with Crippen molar-refractivity contribution in [1.82, 2.24) is 0 Å². The Bertz CT molecular complexity index is 880. The Labute approximate surface area is 154 Å². The monoisotopic (exact) mass is 400 g/mol. The average molecular weight is 401 g/mol. The van der Waals surface area contributed by atoms with E-state index in [-0.39, 0.29) is 11.5 Å². The van der Waals surface area contributed by atoms with Crippen LogP contribution >= 0.6 is 15.9 Å². The van der Waals surface area contributed by atoms with E-state index in [0.29, 0.717) is 0 Å². The molecule has 24 heavy (non-hydrogen) atoms. The summed E-state index contributed by atoms with van der Waals surface area (Å²) >= 11 is 3.61. The average Bonchev–Trinajstić information content (AvgIpc) is 2.51. The lowest BCUT2D eigenvalue weighted by Crippen LogP contribution is -2.26. The van der Waals surface area contributed by atoms with Crippen LogP contribution in [-0.4, -0.2) is 9.04 Å². The number of rotatable bonds is 3. The summed E-state index contributed by atoms with van der Waals surface area (Å²) in [5, 5.41) is 5.17. The van der Waals surface area contributed by atoms with Crippen molar-refractivity contribution in [1.29, 1.82) is 0 Å². The third-order valence-electron chi connectivity index (χ3n) is 4.33. The van der Waals surface area contributed by atoms with Gasteiger partial charge in [0.15, 0.2) is 9.04 Å². The Morgan fingerprint density at radius 2 is 1.58 bits per heavy atom. The molecule has 1 unspecified atom stereocenters. The molecule has 0 N–H and O–H groups in total. The first kappa shape index (κ1) is 17.7. The second-order valence-electron chi connectivity index (χ2n) is 7.81. The van der Waals surface area contributed by atoms with Gasteiger partial charge in [-0.15, -0.1) is 0 Å². The first-order chi connectivity index (χ1) is 11.3. The zero-order valence-corrected chi connectivity index (χ0v) is 17.8. The highest BCUT2D eigenvalue weighted by atomic mass is 79.9. The van der Waals surface area contributed by atoms with Gasteiger partial charge in [0, 0.05) is 4.47 Å². The number of halogens is 1. The molecule has 0 amide bonds. The maximum absolute atomic E-state index is 6.51. The molecule has 3 aromatic carbocycles. The first-order valence-corrected chi connectivity index (χ1v) is 12.1. The summed E-state index contributed by atoms with van der Waals surface area (Å²) in [6.07, 6.45) is 0.113. The Hall–Kier alpha value is -1.16. The van der Waals surface area contributed by atoms with Crippen molar-refractivity contribution in [3.05, 3.63) is 58.6 Å². The molecular formula is C21H25BrOSi. The Morgan fingerprint density at radius 1 is 0.917 bits per heavy atom. The summed E-state index contributed by atoms with van der Waals surface area (Å²) in [7, 11) is -1.16. The lowest BCUT2D eigenvalue weighted by Gasteiger charge is -2.34. The molecule has 1 atom stereocenters. The Morgan fingerprint density at radius 3 is 2.21 bits per heavy atom. The standard InChI is InChI=1S/C21H25BrOSi/c1-21(2,3)20(23-24(4)5)19-12-14-10-11-15(22)13-18(14)16-8-6-7-9-17(16)19/h6-13,20,24H,1-5H3. The summed E-state index contributed by atoms with van der Waals surface area (Å²) in [6, 6.07) is 17.6. The maximum Gasteiger partial charge on any atom is 0.171 e. The fourth-order valence-corrected chi connectivity index (χ4v) is 4.80. The third-order valence-corrected chi connectivity index (χ3v) is 5.64. The highest BCUT2D eigenvalue weighted by Crippen LogP contribution is 2.42. The lowest BCUT2D eigenvalue weighted by molar-refractivity contribution is 0.0880. The topological polar surface area (TPSA) is 9.23 Å². The number of hydrogen-bond donors (Lipinski definition) is 0. The Balaban J connectivity index is 2.35. The van der Waals surface area contributed by atoms with Gasteiger partial charge in [-0.25, -0.2) is 0 Å². The van der Waals surface area contributed by atoms with E-state index < -0.39 is 9.04 Å². The fourth-order valence-electron chi connectivity index (χ4n) is 3.34. The molecule has 126 valence electrons. The van der Waals surface area contributed by atoms with E-state index in [9.17, 15) is 0 Å². The van der Waals surface area contributed by atoms with Gasteiger partial charge in [-0.2, -0.15) is 0 Å². The molecule has 1 nitrogen and oxygen atoms in total. The second kappa shape index (κ2) is 6.62. The molecule has 0 spiro atoms. The summed E-state index contributed by atoms with van der Waals surface area (Å²) < 4.78 is 7.63. The lowest BCUT2D eigenvalue weighted by atomic mass is 9.82. The van der Waals surface area contributed by atoms with Crippen LogP contribution in [0.5, 0.6) is 0 Å². The summed E-state index contributed by atoms with van der Waals surface area (Å²) in [6.45, 7) is 11.3. The number of fused-ring (bicyclic) bond motifs is 3. The van der Waals surface area contributed by atoms with E-state index in [1.165, 1.54) is 27.1 Å². The number of benzene rings is 3. The molecule has 0 bridgehead atoms. The summed E-state index contributed by atoms with van der Waals surface area (Å²) in [5.41, 5.74) is 1.37. The van der Waals surface area contributed by atoms with Crippen molar-refractivity contribution in [2.75, 3.05) is 0 Å². The van der Waals surface area contributed by atoms with Gasteiger partial charge in [0.1, 0.15) is 0 Å². The molecule has 0 aliphatic carbocycles. The van der Waals surface area contributed by atoms with Gasteiger partial charge in [-0.05, 0) is 63.8 Å². The minimum Gasteiger partial charge on any atom is -0.413 e. The van der Waals surface area contributed by atoms with E-state index in [1.54, 1.807) is 0 Å². The second-order valence-corrected chi connectivity index (χ2v) is 11.1. The maximum atomic E-state index is 6.51. The van der Waals surface area contributed by atoms with Crippen LogP contribution in [0.4, 0.5) is 0 Å². The summed E-state index contributed by atoms with van der Waals surface area (Å²) in [4.78, 5) is 0. The van der Waals surface area contributed by atoms with Crippen molar-refractivity contribution < 1.29 is 4.43 Å². The van der Waals surface area contributed by atoms with Gasteiger partial charge in [0.25, 0.3) is 0 Å². The molecule has 3 heteroatoms. The zero-order chi connectivity index (χ0) is 17.5. The zero-order valence-electron chi connectivity index (χ0n) is 15.1. The van der Waals surface area contributed by atoms with Gasteiger partial charge < -0.3 is 4.43 Å². The van der Waals surface area contributed by atoms with Crippen LogP contribution < -0.4 is 0 Å². The quantitative estimate of drug-likeness (QED) is 0.345. The molecule has 3 aromatic rings. The van der Waals surface area contributed by atoms with Crippen LogP contribution in [0.25, 0.3) is 21.5 Å². The predicted molar refractivity (Wildman–Crippen MR) is 111 cm³/mol. The first-order valence-electron chi connectivity index (χ1n) is 8.54. The van der Waals surface area contributed by atoms with E-state index >= 15 is 0 Å². The van der Waals surface area contributed by atoms with Crippen LogP contribution in [0, 0.1) is 5.41 Å². The smallest absolute Gasteiger partial charge is 0.171 e. The Kier molecular flexibility index (Phi) is 4.87. The third kappa shape index (κ3) is 3.44. The molecule has 0 saturated carbocycles.